The number of nitro groups is 1. The number of carbonyl (C=O) groups is 1. The van der Waals surface area contributed by atoms with E-state index in [1.807, 2.05) is 0 Å². The zero-order chi connectivity index (χ0) is 15.0. The maximum Gasteiger partial charge on any atom is 0.336 e. The molecule has 0 aliphatic carbocycles. The predicted molar refractivity (Wildman–Crippen MR) is 71.6 cm³/mol. The predicted octanol–water partition coefficient (Wildman–Crippen LogP) is 2.69. The van der Waals surface area contributed by atoms with E-state index in [2.05, 4.69) is 0 Å². The molecule has 3 rings (SSSR count). The van der Waals surface area contributed by atoms with Crippen LogP contribution in [0.2, 0.25) is 0 Å². The molecular formula is C14H9NO6. The molecule has 0 amide bonds. The largest absolute Gasteiger partial charge is 0.478 e. The van der Waals surface area contributed by atoms with E-state index in [0.29, 0.717) is 17.1 Å². The molecule has 0 fully saturated rings. The highest BCUT2D eigenvalue weighted by Gasteiger charge is 2.19. The van der Waals surface area contributed by atoms with Crippen molar-refractivity contribution < 1.29 is 24.3 Å². The Hall–Kier alpha value is -3.09. The highest BCUT2D eigenvalue weighted by atomic mass is 16.7. The van der Waals surface area contributed by atoms with Crippen molar-refractivity contribution in [1.82, 2.24) is 0 Å². The molecule has 1 N–H and O–H groups in total. The zero-order valence-electron chi connectivity index (χ0n) is 10.6. The highest BCUT2D eigenvalue weighted by molar-refractivity contribution is 5.96. The Morgan fingerprint density at radius 1 is 1.14 bits per heavy atom. The van der Waals surface area contributed by atoms with Crippen LogP contribution in [0.25, 0.3) is 11.1 Å². The minimum atomic E-state index is -1.16. The van der Waals surface area contributed by atoms with Crippen molar-refractivity contribution in [3.8, 4) is 22.6 Å². The van der Waals surface area contributed by atoms with Crippen LogP contribution in [0.1, 0.15) is 10.4 Å². The summed E-state index contributed by atoms with van der Waals surface area (Å²) in [5.41, 5.74) is 0.586. The Morgan fingerprint density at radius 3 is 2.62 bits per heavy atom. The monoisotopic (exact) mass is 287 g/mol. The topological polar surface area (TPSA) is 98.9 Å². The number of rotatable bonds is 3. The molecular weight excluding hydrogens is 278 g/mol. The van der Waals surface area contributed by atoms with E-state index in [4.69, 9.17) is 9.47 Å². The Kier molecular flexibility index (Phi) is 2.94. The lowest BCUT2D eigenvalue weighted by Gasteiger charge is -2.07. The van der Waals surface area contributed by atoms with Gasteiger partial charge in [0, 0.05) is 17.7 Å². The van der Waals surface area contributed by atoms with Crippen molar-refractivity contribution in [2.24, 2.45) is 0 Å². The van der Waals surface area contributed by atoms with Crippen molar-refractivity contribution >= 4 is 11.7 Å². The molecule has 0 atom stereocenters. The first-order valence-electron chi connectivity index (χ1n) is 5.98. The average molecular weight is 287 g/mol. The number of nitrogens with zero attached hydrogens (tertiary/aromatic N) is 1. The molecule has 0 saturated carbocycles. The van der Waals surface area contributed by atoms with Crippen LogP contribution in [-0.4, -0.2) is 22.8 Å². The smallest absolute Gasteiger partial charge is 0.336 e. The van der Waals surface area contributed by atoms with Gasteiger partial charge in [-0.1, -0.05) is 6.07 Å². The Morgan fingerprint density at radius 2 is 1.90 bits per heavy atom. The van der Waals surface area contributed by atoms with Crippen LogP contribution in [-0.2, 0) is 0 Å². The van der Waals surface area contributed by atoms with Crippen molar-refractivity contribution in [3.05, 3.63) is 52.1 Å². The molecule has 1 aliphatic rings. The minimum Gasteiger partial charge on any atom is -0.478 e. The van der Waals surface area contributed by atoms with Crippen molar-refractivity contribution in [2.75, 3.05) is 6.79 Å². The second-order valence-electron chi connectivity index (χ2n) is 4.36. The molecule has 2 aromatic carbocycles. The molecule has 1 aliphatic heterocycles. The first-order valence-corrected chi connectivity index (χ1v) is 5.98. The second-order valence-corrected chi connectivity index (χ2v) is 4.36. The fourth-order valence-corrected chi connectivity index (χ4v) is 2.14. The normalized spacial score (nSPS) is 12.2. The molecule has 0 radical (unpaired) electrons. The second kappa shape index (κ2) is 4.78. The van der Waals surface area contributed by atoms with E-state index in [0.717, 1.165) is 0 Å². The van der Waals surface area contributed by atoms with E-state index in [-0.39, 0.29) is 23.6 Å². The summed E-state index contributed by atoms with van der Waals surface area (Å²) in [5, 5.41) is 20.1. The zero-order valence-corrected chi connectivity index (χ0v) is 10.6. The van der Waals surface area contributed by atoms with Crippen LogP contribution < -0.4 is 9.47 Å². The fourth-order valence-electron chi connectivity index (χ4n) is 2.14. The maximum absolute atomic E-state index is 11.3. The molecule has 0 spiro atoms. The van der Waals surface area contributed by atoms with Gasteiger partial charge in [0.2, 0.25) is 6.79 Å². The van der Waals surface area contributed by atoms with E-state index in [1.165, 1.54) is 18.2 Å². The summed E-state index contributed by atoms with van der Waals surface area (Å²) in [6.07, 6.45) is 0. The van der Waals surface area contributed by atoms with E-state index < -0.39 is 10.9 Å². The fraction of sp³-hybridized carbons (Fsp3) is 0.0714. The lowest BCUT2D eigenvalue weighted by atomic mass is 9.98. The molecule has 21 heavy (non-hydrogen) atoms. The first kappa shape index (κ1) is 12.9. The number of non-ortho nitro benzene ring substituents is 1. The maximum atomic E-state index is 11.3. The number of nitro benzene ring substituents is 1. The van der Waals surface area contributed by atoms with Crippen LogP contribution in [0.15, 0.2) is 36.4 Å². The van der Waals surface area contributed by atoms with Gasteiger partial charge in [0.15, 0.2) is 11.5 Å². The van der Waals surface area contributed by atoms with Crippen LogP contribution >= 0.6 is 0 Å². The number of benzene rings is 2. The molecule has 2 aromatic rings. The Bertz CT molecular complexity index is 755. The van der Waals surface area contributed by atoms with Gasteiger partial charge in [-0.15, -0.1) is 0 Å². The van der Waals surface area contributed by atoms with Gasteiger partial charge in [-0.25, -0.2) is 4.79 Å². The van der Waals surface area contributed by atoms with Gasteiger partial charge in [-0.3, -0.25) is 10.1 Å². The minimum absolute atomic E-state index is 0.0144. The number of aromatic carboxylic acids is 1. The third-order valence-electron chi connectivity index (χ3n) is 3.13. The standard InChI is InChI=1S/C14H9NO6/c16-14(17)10-3-2-9(15(18)19)6-11(10)8-1-4-12-13(5-8)21-7-20-12/h1-6H,7H2,(H,16,17). The number of hydrogen-bond acceptors (Lipinski definition) is 5. The summed E-state index contributed by atoms with van der Waals surface area (Å²) in [6, 6.07) is 8.51. The lowest BCUT2D eigenvalue weighted by Crippen LogP contribution is -2.01. The van der Waals surface area contributed by atoms with Crippen molar-refractivity contribution in [2.45, 2.75) is 0 Å². The van der Waals surface area contributed by atoms with Crippen molar-refractivity contribution in [1.29, 1.82) is 0 Å². The molecule has 0 saturated heterocycles. The van der Waals surface area contributed by atoms with E-state index in [9.17, 15) is 20.0 Å². The van der Waals surface area contributed by atoms with E-state index in [1.54, 1.807) is 18.2 Å². The molecule has 0 bridgehead atoms. The van der Waals surface area contributed by atoms with Gasteiger partial charge in [-0.2, -0.15) is 0 Å². The summed E-state index contributed by atoms with van der Waals surface area (Å²) < 4.78 is 10.4. The quantitative estimate of drug-likeness (QED) is 0.688. The van der Waals surface area contributed by atoms with Gasteiger partial charge in [0.25, 0.3) is 5.69 Å². The summed E-state index contributed by atoms with van der Waals surface area (Å²) in [6.45, 7) is 0.0967. The van der Waals surface area contributed by atoms with E-state index >= 15 is 0 Å². The van der Waals surface area contributed by atoms with Gasteiger partial charge in [0.05, 0.1) is 10.5 Å². The molecule has 7 nitrogen and oxygen atoms in total. The molecule has 1 heterocycles. The first-order chi connectivity index (χ1) is 10.1. The molecule has 0 aromatic heterocycles. The number of fused-ring (bicyclic) bond motifs is 1. The number of ether oxygens (including phenoxy) is 2. The molecule has 106 valence electrons. The van der Waals surface area contributed by atoms with Crippen LogP contribution in [0.4, 0.5) is 5.69 Å². The SMILES string of the molecule is O=C(O)c1ccc([N+](=O)[O-])cc1-c1ccc2c(c1)OCO2. The lowest BCUT2D eigenvalue weighted by molar-refractivity contribution is -0.384. The number of carboxylic acids is 1. The third kappa shape index (κ3) is 2.25. The summed E-state index contributed by atoms with van der Waals surface area (Å²) >= 11 is 0. The van der Waals surface area contributed by atoms with Crippen LogP contribution in [0.3, 0.4) is 0 Å². The summed E-state index contributed by atoms with van der Waals surface area (Å²) in [5.74, 6) is -0.117. The Labute approximate surface area is 118 Å². The Balaban J connectivity index is 2.17. The summed E-state index contributed by atoms with van der Waals surface area (Å²) in [4.78, 5) is 21.6. The van der Waals surface area contributed by atoms with Crippen LogP contribution in [0.5, 0.6) is 11.5 Å². The third-order valence-corrected chi connectivity index (χ3v) is 3.13. The number of carboxylic acid groups (broad SMARTS) is 1. The highest BCUT2D eigenvalue weighted by Crippen LogP contribution is 2.37. The van der Waals surface area contributed by atoms with Gasteiger partial charge in [0.1, 0.15) is 0 Å². The average Bonchev–Trinajstić information content (AvgIpc) is 2.93. The van der Waals surface area contributed by atoms with Crippen LogP contribution in [0, 0.1) is 10.1 Å². The molecule has 7 heteroatoms. The van der Waals surface area contributed by atoms with Gasteiger partial charge < -0.3 is 14.6 Å². The molecule has 0 unspecified atom stereocenters. The summed E-state index contributed by atoms with van der Waals surface area (Å²) in [7, 11) is 0. The van der Waals surface area contributed by atoms with Gasteiger partial charge in [-0.05, 0) is 23.8 Å². The number of hydrogen-bond donors (Lipinski definition) is 1. The van der Waals surface area contributed by atoms with Gasteiger partial charge >= 0.3 is 5.97 Å². The van der Waals surface area contributed by atoms with Crippen molar-refractivity contribution in [3.63, 3.8) is 0 Å².